The molecule has 0 radical (unpaired) electrons. The molecule has 0 N–H and O–H groups in total. The maximum atomic E-state index is 11.0. The van der Waals surface area contributed by atoms with Crippen LogP contribution >= 0.6 is 27.5 Å². The van der Waals surface area contributed by atoms with Gasteiger partial charge in [0.15, 0.2) is 5.78 Å². The van der Waals surface area contributed by atoms with Gasteiger partial charge in [-0.2, -0.15) is 0 Å². The highest BCUT2D eigenvalue weighted by molar-refractivity contribution is 9.09. The zero-order valence-corrected chi connectivity index (χ0v) is 7.89. The Kier molecular flexibility index (Phi) is 3.02. The molecule has 0 spiro atoms. The second kappa shape index (κ2) is 3.83. The maximum Gasteiger partial charge on any atom is 0.174 e. The molecule has 0 saturated carbocycles. The molecule has 0 atom stereocenters. The monoisotopic (exact) mass is 233 g/mol. The summed E-state index contributed by atoms with van der Waals surface area (Å²) in [5, 5.41) is 0.784. The summed E-state index contributed by atoms with van der Waals surface area (Å²) in [4.78, 5) is 14.8. The van der Waals surface area contributed by atoms with Crippen molar-refractivity contribution >= 4 is 33.3 Å². The van der Waals surface area contributed by atoms with Crippen LogP contribution in [0, 0.1) is 0 Å². The van der Waals surface area contributed by atoms with Gasteiger partial charge >= 0.3 is 0 Å². The molecule has 0 fully saturated rings. The summed E-state index contributed by atoms with van der Waals surface area (Å²) in [6, 6.07) is 1.60. The third kappa shape index (κ3) is 2.27. The predicted octanol–water partition coefficient (Wildman–Crippen LogP) is 2.31. The van der Waals surface area contributed by atoms with Crippen LogP contribution in [0.15, 0.2) is 18.5 Å². The Morgan fingerprint density at radius 1 is 1.64 bits per heavy atom. The molecule has 2 nitrogen and oxygen atoms in total. The van der Waals surface area contributed by atoms with Gasteiger partial charge in [0, 0.05) is 18.0 Å². The van der Waals surface area contributed by atoms with E-state index in [1.807, 2.05) is 0 Å². The highest BCUT2D eigenvalue weighted by Gasteiger charge is 2.03. The first-order valence-corrected chi connectivity index (χ1v) is 4.43. The van der Waals surface area contributed by atoms with E-state index in [4.69, 9.17) is 11.6 Å². The number of aromatic nitrogens is 1. The van der Waals surface area contributed by atoms with Gasteiger partial charge in [0.25, 0.3) is 0 Å². The number of Topliss-reactive ketones (excluding diaryl/α,β-unsaturated/α-hetero) is 1. The van der Waals surface area contributed by atoms with Crippen LogP contribution < -0.4 is 0 Å². The minimum absolute atomic E-state index is 0.0139. The van der Waals surface area contributed by atoms with E-state index < -0.39 is 0 Å². The molecule has 1 aromatic heterocycles. The average molecular weight is 234 g/mol. The van der Waals surface area contributed by atoms with E-state index in [-0.39, 0.29) is 5.78 Å². The molecule has 0 unspecified atom stereocenters. The third-order valence-electron chi connectivity index (χ3n) is 1.15. The summed E-state index contributed by atoms with van der Waals surface area (Å²) >= 11 is 8.67. The van der Waals surface area contributed by atoms with Crippen molar-refractivity contribution in [3.63, 3.8) is 0 Å². The van der Waals surface area contributed by atoms with Crippen LogP contribution in [0.1, 0.15) is 10.4 Å². The number of ketones is 1. The summed E-state index contributed by atoms with van der Waals surface area (Å²) in [7, 11) is 0. The number of rotatable bonds is 2. The Morgan fingerprint density at radius 2 is 2.36 bits per heavy atom. The topological polar surface area (TPSA) is 30.0 Å². The van der Waals surface area contributed by atoms with Gasteiger partial charge < -0.3 is 0 Å². The molecule has 58 valence electrons. The number of hydrogen-bond donors (Lipinski definition) is 0. The van der Waals surface area contributed by atoms with E-state index in [2.05, 4.69) is 20.9 Å². The quantitative estimate of drug-likeness (QED) is 0.581. The first kappa shape index (κ1) is 8.68. The highest BCUT2D eigenvalue weighted by Crippen LogP contribution is 2.09. The molecule has 0 aliphatic carbocycles. The third-order valence-corrected chi connectivity index (χ3v) is 1.86. The fourth-order valence-electron chi connectivity index (χ4n) is 0.642. The van der Waals surface area contributed by atoms with Crippen LogP contribution in [-0.2, 0) is 0 Å². The number of pyridine rings is 1. The first-order chi connectivity index (χ1) is 5.24. The Labute approximate surface area is 77.7 Å². The van der Waals surface area contributed by atoms with Gasteiger partial charge in [0.2, 0.25) is 0 Å². The number of hydrogen-bond acceptors (Lipinski definition) is 2. The summed E-state index contributed by atoms with van der Waals surface area (Å²) in [6.07, 6.45) is 2.99. The molecule has 0 amide bonds. The van der Waals surface area contributed by atoms with Crippen molar-refractivity contribution in [1.29, 1.82) is 0 Å². The highest BCUT2D eigenvalue weighted by atomic mass is 79.9. The molecule has 1 aromatic rings. The lowest BCUT2D eigenvalue weighted by molar-refractivity contribution is 0.102. The van der Waals surface area contributed by atoms with E-state index >= 15 is 0 Å². The average Bonchev–Trinajstić information content (AvgIpc) is 2.03. The van der Waals surface area contributed by atoms with Gasteiger partial charge in [-0.3, -0.25) is 9.78 Å². The van der Waals surface area contributed by atoms with Crippen LogP contribution in [0.5, 0.6) is 0 Å². The molecule has 11 heavy (non-hydrogen) atoms. The molecule has 0 aromatic carbocycles. The molecule has 0 saturated heterocycles. The van der Waals surface area contributed by atoms with E-state index in [9.17, 15) is 4.79 Å². The Hall–Kier alpha value is -0.410. The van der Waals surface area contributed by atoms with E-state index in [0.717, 1.165) is 0 Å². The fourth-order valence-corrected chi connectivity index (χ4v) is 1.14. The molecular formula is C7H5BrClNO. The summed E-state index contributed by atoms with van der Waals surface area (Å²) in [5.41, 5.74) is 0.536. The van der Waals surface area contributed by atoms with Gasteiger partial charge in [-0.1, -0.05) is 27.5 Å². The minimum Gasteiger partial charge on any atom is -0.293 e. The van der Waals surface area contributed by atoms with E-state index in [1.165, 1.54) is 12.4 Å². The van der Waals surface area contributed by atoms with Crippen molar-refractivity contribution < 1.29 is 4.79 Å². The molecule has 0 aliphatic heterocycles. The van der Waals surface area contributed by atoms with Crippen LogP contribution in [0.4, 0.5) is 0 Å². The van der Waals surface area contributed by atoms with Crippen molar-refractivity contribution in [3.8, 4) is 0 Å². The van der Waals surface area contributed by atoms with Gasteiger partial charge in [0.1, 0.15) is 0 Å². The normalized spacial score (nSPS) is 9.64. The molecule has 1 rings (SSSR count). The van der Waals surface area contributed by atoms with Crippen LogP contribution in [0.25, 0.3) is 0 Å². The first-order valence-electron chi connectivity index (χ1n) is 2.94. The van der Waals surface area contributed by atoms with Crippen molar-refractivity contribution in [2.45, 2.75) is 0 Å². The lowest BCUT2D eigenvalue weighted by Gasteiger charge is -1.94. The van der Waals surface area contributed by atoms with Gasteiger partial charge in [0.05, 0.1) is 10.4 Å². The number of nitrogens with zero attached hydrogens (tertiary/aromatic N) is 1. The summed E-state index contributed by atoms with van der Waals surface area (Å²) < 4.78 is 0. The number of carbonyl (C=O) groups is 1. The Balaban J connectivity index is 2.96. The molecule has 4 heteroatoms. The Bertz CT molecular complexity index is 277. The zero-order chi connectivity index (χ0) is 8.27. The van der Waals surface area contributed by atoms with Crippen molar-refractivity contribution in [3.05, 3.63) is 29.0 Å². The molecule has 0 bridgehead atoms. The summed E-state index contributed by atoms with van der Waals surface area (Å²) in [5.74, 6) is -0.0139. The molecule has 1 heterocycles. The zero-order valence-electron chi connectivity index (χ0n) is 5.55. The lowest BCUT2D eigenvalue weighted by Crippen LogP contribution is -1.99. The SMILES string of the molecule is O=C(CBr)c1cncc(Cl)c1. The van der Waals surface area contributed by atoms with Crippen LogP contribution in [0.3, 0.4) is 0 Å². The summed E-state index contributed by atoms with van der Waals surface area (Å²) in [6.45, 7) is 0. The van der Waals surface area contributed by atoms with Crippen molar-refractivity contribution in [2.75, 3.05) is 5.33 Å². The van der Waals surface area contributed by atoms with Gasteiger partial charge in [-0.25, -0.2) is 0 Å². The largest absolute Gasteiger partial charge is 0.293 e. The Morgan fingerprint density at radius 3 is 2.91 bits per heavy atom. The standard InChI is InChI=1S/C7H5BrClNO/c8-2-7(11)5-1-6(9)4-10-3-5/h1,3-4H,2H2. The van der Waals surface area contributed by atoms with E-state index in [1.54, 1.807) is 6.07 Å². The van der Waals surface area contributed by atoms with Gasteiger partial charge in [-0.05, 0) is 6.07 Å². The van der Waals surface area contributed by atoms with Crippen LogP contribution in [0.2, 0.25) is 5.02 Å². The molecule has 0 aliphatic rings. The second-order valence-corrected chi connectivity index (χ2v) is 2.95. The maximum absolute atomic E-state index is 11.0. The van der Waals surface area contributed by atoms with Crippen molar-refractivity contribution in [1.82, 2.24) is 4.98 Å². The fraction of sp³-hybridized carbons (Fsp3) is 0.143. The molecular weight excluding hydrogens is 229 g/mol. The predicted molar refractivity (Wildman–Crippen MR) is 47.4 cm³/mol. The smallest absolute Gasteiger partial charge is 0.174 e. The lowest BCUT2D eigenvalue weighted by atomic mass is 10.2. The van der Waals surface area contributed by atoms with Gasteiger partial charge in [-0.15, -0.1) is 0 Å². The van der Waals surface area contributed by atoms with Crippen molar-refractivity contribution in [2.24, 2.45) is 0 Å². The second-order valence-electron chi connectivity index (χ2n) is 1.95. The van der Waals surface area contributed by atoms with E-state index in [0.29, 0.717) is 15.9 Å². The van der Waals surface area contributed by atoms with Crippen LogP contribution in [-0.4, -0.2) is 16.1 Å². The number of halogens is 2. The minimum atomic E-state index is -0.0139. The number of carbonyl (C=O) groups excluding carboxylic acids is 1. The number of alkyl halides is 1.